The van der Waals surface area contributed by atoms with Crippen LogP contribution in [0.15, 0.2) is 42.5 Å². The van der Waals surface area contributed by atoms with Crippen molar-refractivity contribution < 1.29 is 14.0 Å². The Balaban J connectivity index is 1.65. The molecule has 2 N–H and O–H groups in total. The van der Waals surface area contributed by atoms with Crippen LogP contribution in [0.2, 0.25) is 0 Å². The van der Waals surface area contributed by atoms with Crippen molar-refractivity contribution >= 4 is 45.7 Å². The third-order valence-electron chi connectivity index (χ3n) is 3.73. The van der Waals surface area contributed by atoms with Crippen molar-refractivity contribution in [3.05, 3.63) is 63.6 Å². The fourth-order valence-corrected chi connectivity index (χ4v) is 4.27. The smallest absolute Gasteiger partial charge is 0.250 e. The SMILES string of the molecule is CC(=O)NCc1ccc(-c2nc(NC(=O)/C=C/c3ccc(F)cc3)sc2C)s1. The number of anilines is 1. The summed E-state index contributed by atoms with van der Waals surface area (Å²) >= 11 is 2.95. The van der Waals surface area contributed by atoms with E-state index < -0.39 is 0 Å². The maximum Gasteiger partial charge on any atom is 0.250 e. The molecule has 2 aromatic heterocycles. The molecular formula is C20H18FN3O2S2. The summed E-state index contributed by atoms with van der Waals surface area (Å²) in [6, 6.07) is 9.80. The van der Waals surface area contributed by atoms with Crippen LogP contribution in [0.5, 0.6) is 0 Å². The molecule has 8 heteroatoms. The van der Waals surface area contributed by atoms with E-state index in [-0.39, 0.29) is 17.6 Å². The van der Waals surface area contributed by atoms with Crippen molar-refractivity contribution in [3.8, 4) is 10.6 Å². The van der Waals surface area contributed by atoms with E-state index in [4.69, 9.17) is 0 Å². The van der Waals surface area contributed by atoms with Gasteiger partial charge in [-0.25, -0.2) is 9.37 Å². The molecule has 5 nitrogen and oxygen atoms in total. The zero-order valence-electron chi connectivity index (χ0n) is 15.3. The molecule has 0 saturated carbocycles. The molecule has 2 heterocycles. The molecule has 0 unspecified atom stereocenters. The van der Waals surface area contributed by atoms with Crippen molar-refractivity contribution in [2.24, 2.45) is 0 Å². The highest BCUT2D eigenvalue weighted by Gasteiger charge is 2.13. The molecule has 0 saturated heterocycles. The number of hydrogen-bond acceptors (Lipinski definition) is 5. The van der Waals surface area contributed by atoms with Crippen LogP contribution in [0.1, 0.15) is 22.2 Å². The second kappa shape index (κ2) is 8.90. The van der Waals surface area contributed by atoms with Crippen LogP contribution in [0.25, 0.3) is 16.6 Å². The summed E-state index contributed by atoms with van der Waals surface area (Å²) in [4.78, 5) is 30.7. The number of benzene rings is 1. The van der Waals surface area contributed by atoms with Gasteiger partial charge in [0.05, 0.1) is 17.1 Å². The maximum atomic E-state index is 12.9. The third-order valence-corrected chi connectivity index (χ3v) is 5.71. The summed E-state index contributed by atoms with van der Waals surface area (Å²) in [5.74, 6) is -0.693. The normalized spacial score (nSPS) is 11.0. The summed E-state index contributed by atoms with van der Waals surface area (Å²) in [6.45, 7) is 3.92. The van der Waals surface area contributed by atoms with Crippen molar-refractivity contribution in [2.45, 2.75) is 20.4 Å². The van der Waals surface area contributed by atoms with Crippen LogP contribution in [0.4, 0.5) is 9.52 Å². The molecule has 3 rings (SSSR count). The van der Waals surface area contributed by atoms with E-state index in [0.717, 1.165) is 25.9 Å². The van der Waals surface area contributed by atoms with Gasteiger partial charge in [-0.05, 0) is 42.8 Å². The minimum atomic E-state index is -0.318. The van der Waals surface area contributed by atoms with E-state index in [1.165, 1.54) is 36.5 Å². The number of aromatic nitrogens is 1. The lowest BCUT2D eigenvalue weighted by Crippen LogP contribution is -2.17. The Morgan fingerprint density at radius 1 is 1.14 bits per heavy atom. The minimum absolute atomic E-state index is 0.0709. The van der Waals surface area contributed by atoms with E-state index >= 15 is 0 Å². The number of carbonyl (C=O) groups excluding carboxylic acids is 2. The Bertz CT molecular complexity index is 1020. The highest BCUT2D eigenvalue weighted by molar-refractivity contribution is 7.18. The molecule has 0 spiro atoms. The third kappa shape index (κ3) is 5.34. The molecule has 0 bridgehead atoms. The van der Waals surface area contributed by atoms with Crippen LogP contribution >= 0.6 is 22.7 Å². The van der Waals surface area contributed by atoms with Crippen LogP contribution in [0, 0.1) is 12.7 Å². The lowest BCUT2D eigenvalue weighted by atomic mass is 10.2. The average molecular weight is 416 g/mol. The van der Waals surface area contributed by atoms with E-state index in [1.54, 1.807) is 29.5 Å². The second-order valence-corrected chi connectivity index (χ2v) is 8.35. The predicted octanol–water partition coefficient (Wildman–Crippen LogP) is 4.61. The van der Waals surface area contributed by atoms with Crippen LogP contribution < -0.4 is 10.6 Å². The van der Waals surface area contributed by atoms with Gasteiger partial charge in [-0.15, -0.1) is 22.7 Å². The Kier molecular flexibility index (Phi) is 6.33. The first-order valence-electron chi connectivity index (χ1n) is 8.46. The molecule has 0 fully saturated rings. The number of nitrogens with zero attached hydrogens (tertiary/aromatic N) is 1. The van der Waals surface area contributed by atoms with Gasteiger partial charge < -0.3 is 5.32 Å². The van der Waals surface area contributed by atoms with Gasteiger partial charge in [0.15, 0.2) is 5.13 Å². The monoisotopic (exact) mass is 415 g/mol. The van der Waals surface area contributed by atoms with Crippen molar-refractivity contribution in [1.82, 2.24) is 10.3 Å². The van der Waals surface area contributed by atoms with Gasteiger partial charge in [0.25, 0.3) is 0 Å². The lowest BCUT2D eigenvalue weighted by molar-refractivity contribution is -0.119. The van der Waals surface area contributed by atoms with Crippen molar-refractivity contribution in [2.75, 3.05) is 5.32 Å². The topological polar surface area (TPSA) is 71.1 Å². The van der Waals surface area contributed by atoms with Gasteiger partial charge in [-0.3, -0.25) is 14.9 Å². The first-order chi connectivity index (χ1) is 13.4. The predicted molar refractivity (Wildman–Crippen MR) is 112 cm³/mol. The molecule has 2 amide bonds. The molecule has 0 radical (unpaired) electrons. The molecule has 0 aliphatic carbocycles. The van der Waals surface area contributed by atoms with E-state index in [9.17, 15) is 14.0 Å². The van der Waals surface area contributed by atoms with Gasteiger partial charge >= 0.3 is 0 Å². The van der Waals surface area contributed by atoms with Crippen LogP contribution in [-0.4, -0.2) is 16.8 Å². The molecule has 0 atom stereocenters. The maximum absolute atomic E-state index is 12.9. The van der Waals surface area contributed by atoms with Crippen molar-refractivity contribution in [1.29, 1.82) is 0 Å². The zero-order chi connectivity index (χ0) is 20.1. The van der Waals surface area contributed by atoms with Gasteiger partial charge in [0.2, 0.25) is 11.8 Å². The number of halogens is 1. The molecule has 0 aliphatic heterocycles. The Morgan fingerprint density at radius 2 is 1.89 bits per heavy atom. The van der Waals surface area contributed by atoms with E-state index in [2.05, 4.69) is 15.6 Å². The Morgan fingerprint density at radius 3 is 2.61 bits per heavy atom. The van der Waals surface area contributed by atoms with E-state index in [1.807, 2.05) is 19.1 Å². The largest absolute Gasteiger partial charge is 0.351 e. The fourth-order valence-electron chi connectivity index (χ4n) is 2.38. The average Bonchev–Trinajstić information content (AvgIpc) is 3.26. The van der Waals surface area contributed by atoms with Gasteiger partial charge in [-0.1, -0.05) is 12.1 Å². The molecule has 0 aliphatic rings. The number of thiazole rings is 1. The van der Waals surface area contributed by atoms with Gasteiger partial charge in [0.1, 0.15) is 5.82 Å². The van der Waals surface area contributed by atoms with E-state index in [0.29, 0.717) is 11.7 Å². The number of carbonyl (C=O) groups is 2. The lowest BCUT2D eigenvalue weighted by Gasteiger charge is -1.97. The molecule has 28 heavy (non-hydrogen) atoms. The van der Waals surface area contributed by atoms with Gasteiger partial charge in [-0.2, -0.15) is 0 Å². The first-order valence-corrected chi connectivity index (χ1v) is 10.1. The van der Waals surface area contributed by atoms with Gasteiger partial charge in [0, 0.05) is 22.8 Å². The summed E-state index contributed by atoms with van der Waals surface area (Å²) in [6.07, 6.45) is 3.00. The van der Waals surface area contributed by atoms with Crippen LogP contribution in [0.3, 0.4) is 0 Å². The standard InChI is InChI=1S/C20H18FN3O2S2/c1-12-19(17-9-8-16(28-17)11-22-13(2)25)24-20(27-12)23-18(26)10-5-14-3-6-15(21)7-4-14/h3-10H,11H2,1-2H3,(H,22,25)(H,23,24,26)/b10-5+. The highest BCUT2D eigenvalue weighted by atomic mass is 32.1. The number of amides is 2. The number of rotatable bonds is 6. The molecule has 3 aromatic rings. The second-order valence-electron chi connectivity index (χ2n) is 5.97. The summed E-state index contributed by atoms with van der Waals surface area (Å²) in [5, 5.41) is 6.04. The summed E-state index contributed by atoms with van der Waals surface area (Å²) < 4.78 is 12.9. The molecular weight excluding hydrogens is 397 g/mol. The first kappa shape index (κ1) is 19.9. The summed E-state index contributed by atoms with van der Waals surface area (Å²) in [7, 11) is 0. The molecule has 144 valence electrons. The number of thiophene rings is 1. The minimum Gasteiger partial charge on any atom is -0.351 e. The zero-order valence-corrected chi connectivity index (χ0v) is 16.9. The van der Waals surface area contributed by atoms with Crippen LogP contribution in [-0.2, 0) is 16.1 Å². The molecule has 1 aromatic carbocycles. The summed E-state index contributed by atoms with van der Waals surface area (Å²) in [5.41, 5.74) is 1.56. The van der Waals surface area contributed by atoms with Crippen molar-refractivity contribution in [3.63, 3.8) is 0 Å². The number of aryl methyl sites for hydroxylation is 1. The number of nitrogens with one attached hydrogen (secondary N) is 2. The Labute approximate surface area is 169 Å². The Hall–Kier alpha value is -2.84. The fraction of sp³-hybridized carbons (Fsp3) is 0.150. The number of hydrogen-bond donors (Lipinski definition) is 2. The quantitative estimate of drug-likeness (QED) is 0.578. The highest BCUT2D eigenvalue weighted by Crippen LogP contribution is 2.34.